The van der Waals surface area contributed by atoms with Crippen LogP contribution in [0.5, 0.6) is 5.75 Å². The van der Waals surface area contributed by atoms with E-state index in [-0.39, 0.29) is 108 Å². The first-order valence-corrected chi connectivity index (χ1v) is 40.9. The number of piperidine rings is 1. The van der Waals surface area contributed by atoms with Crippen molar-refractivity contribution in [1.82, 2.24) is 44.7 Å². The molecule has 0 spiro atoms. The number of unbranched alkanes of at least 4 members (excludes halogenated alkanes) is 2. The zero-order chi connectivity index (χ0) is 79.4. The van der Waals surface area contributed by atoms with E-state index in [9.17, 15) is 78.2 Å². The Balaban J connectivity index is 0.603. The topological polar surface area (TPSA) is 438 Å². The molecule has 2 aromatic carbocycles. The van der Waals surface area contributed by atoms with Crippen LogP contribution in [0.2, 0.25) is 0 Å². The lowest BCUT2D eigenvalue weighted by Crippen LogP contribution is -2.64. The van der Waals surface area contributed by atoms with E-state index in [0.717, 1.165) is 64.9 Å². The number of aliphatic hydroxyl groups is 3. The van der Waals surface area contributed by atoms with E-state index in [1.165, 1.54) is 29.6 Å². The van der Waals surface area contributed by atoms with E-state index >= 15 is 0 Å². The molecule has 600 valence electrons. The quantitative estimate of drug-likeness (QED) is 0.0110. The predicted molar refractivity (Wildman–Crippen MR) is 408 cm³/mol. The number of aliphatic carboxylic acids is 1. The number of pyridine rings is 2. The van der Waals surface area contributed by atoms with E-state index in [2.05, 4.69) is 44.7 Å². The number of nitrogens with one attached hydrogen (secondary N) is 3. The third-order valence-corrected chi connectivity index (χ3v) is 24.7. The number of carbonyl (C=O) groups is 8. The number of anilines is 3. The number of carboxylic acids is 2. The lowest BCUT2D eigenvalue weighted by molar-refractivity contribution is -0.271. The zero-order valence-corrected chi connectivity index (χ0v) is 64.6. The van der Waals surface area contributed by atoms with E-state index in [4.69, 9.17) is 29.0 Å². The molecule has 8 aliphatic rings. The number of aliphatic hydroxyl groups excluding tert-OH is 3. The van der Waals surface area contributed by atoms with Crippen LogP contribution in [0.1, 0.15) is 153 Å². The van der Waals surface area contributed by atoms with Crippen LogP contribution >= 0.6 is 18.9 Å². The fraction of sp³-hybridized carbons (Fsp3) is 0.538. The van der Waals surface area contributed by atoms with Crippen LogP contribution in [0.3, 0.4) is 0 Å². The van der Waals surface area contributed by atoms with Gasteiger partial charge in [-0.25, -0.2) is 24.4 Å². The maximum absolute atomic E-state index is 13.8. The van der Waals surface area contributed by atoms with Crippen LogP contribution in [0.25, 0.3) is 21.5 Å². The van der Waals surface area contributed by atoms with Gasteiger partial charge in [0.05, 0.1) is 41.6 Å². The molecule has 4 aliphatic heterocycles. The highest BCUT2D eigenvalue weighted by atomic mass is 32.1. The number of likely N-dealkylation sites (tertiary alicyclic amines) is 1. The fourth-order valence-corrected chi connectivity index (χ4v) is 20.2. The SMILES string of the molecule is Cc1c(-c2ccc(N3CCc4cccc(C(=O)Nc5nc6ncccc6s5)c4C3)nc2C(=O)O)cnn1CC12CC3(C)CC(C)(C1)CC(OCCN(CCCP(=O)(O)O)C1CCN(C(=O)OCCCc4ccc(O[C@@H]5O[C@H](C(=O)O)[C@@H](O)[C@H](O)[C@H]5O)c(NC(=O)CCNC(=O)CCCCCN5C(=O)C=CC5=O)c4)CC1)(C3)C2. The molecule has 14 rings (SSSR count). The predicted octanol–water partition coefficient (Wildman–Crippen LogP) is 7.21. The van der Waals surface area contributed by atoms with Crippen LogP contribution in [0, 0.1) is 23.2 Å². The number of hydrogen-bond acceptors (Lipinski definition) is 23. The number of nitrogens with zero attached hydrogens (tertiary/aromatic N) is 9. The molecule has 4 saturated carbocycles. The molecule has 6 aromatic rings. The summed E-state index contributed by atoms with van der Waals surface area (Å²) < 4.78 is 39.3. The number of aromatic carboxylic acids is 1. The Hall–Kier alpha value is -9.15. The summed E-state index contributed by atoms with van der Waals surface area (Å²) in [6.07, 6.45) is 5.11. The number of aromatic nitrogens is 5. The first-order chi connectivity index (χ1) is 53.4. The van der Waals surface area contributed by atoms with Crippen LogP contribution < -0.4 is 25.6 Å². The van der Waals surface area contributed by atoms with Crippen molar-refractivity contribution in [2.75, 3.05) is 80.7 Å². The molecular formula is C78H97N12O20PS. The highest BCUT2D eigenvalue weighted by Gasteiger charge is 2.66. The number of thiazole rings is 1. The van der Waals surface area contributed by atoms with Gasteiger partial charge in [0.2, 0.25) is 18.1 Å². The molecule has 6 fully saturated rings. The van der Waals surface area contributed by atoms with Crippen molar-refractivity contribution in [1.29, 1.82) is 0 Å². The molecule has 2 unspecified atom stereocenters. The van der Waals surface area contributed by atoms with E-state index < -0.39 is 67.8 Å². The van der Waals surface area contributed by atoms with Crippen LogP contribution in [-0.4, -0.2) is 230 Å². The number of fused-ring (bicyclic) bond motifs is 2. The number of rotatable bonds is 33. The lowest BCUT2D eigenvalue weighted by atomic mass is 9.39. The number of carbonyl (C=O) groups excluding carboxylic acids is 6. The Labute approximate surface area is 650 Å². The van der Waals surface area contributed by atoms with Gasteiger partial charge in [0, 0.05) is 112 Å². The van der Waals surface area contributed by atoms with Crippen LogP contribution in [-0.2, 0) is 68.7 Å². The summed E-state index contributed by atoms with van der Waals surface area (Å²) in [5.74, 6) is -4.36. The number of aryl methyl sites for hydroxylation is 1. The van der Waals surface area contributed by atoms with Crippen molar-refractivity contribution in [2.45, 2.75) is 185 Å². The Kier molecular flexibility index (Phi) is 24.5. The number of benzene rings is 2. The first-order valence-electron chi connectivity index (χ1n) is 38.3. The maximum atomic E-state index is 13.8. The van der Waals surface area contributed by atoms with Gasteiger partial charge in [-0.05, 0) is 179 Å². The van der Waals surface area contributed by atoms with Crippen LogP contribution in [0.15, 0.2) is 85.2 Å². The lowest BCUT2D eigenvalue weighted by Gasteiger charge is -2.69. The van der Waals surface area contributed by atoms with E-state index in [1.807, 2.05) is 46.8 Å². The average Bonchev–Trinajstić information content (AvgIpc) is 0.780. The Bertz CT molecular complexity index is 4570. The second kappa shape index (κ2) is 33.9. The molecule has 10 N–H and O–H groups in total. The van der Waals surface area contributed by atoms with Crippen molar-refractivity contribution in [3.63, 3.8) is 0 Å². The second-order valence-corrected chi connectivity index (χ2v) is 34.6. The van der Waals surface area contributed by atoms with Gasteiger partial charge < -0.3 is 74.7 Å². The first kappa shape index (κ1) is 80.9. The monoisotopic (exact) mass is 1580 g/mol. The van der Waals surface area contributed by atoms with Gasteiger partial charge in [-0.3, -0.25) is 48.3 Å². The van der Waals surface area contributed by atoms with Crippen molar-refractivity contribution in [3.8, 4) is 16.9 Å². The normalized spacial score (nSPS) is 24.9. The van der Waals surface area contributed by atoms with Crippen molar-refractivity contribution in [2.24, 2.45) is 16.2 Å². The third kappa shape index (κ3) is 18.9. The molecule has 8 heterocycles. The zero-order valence-electron chi connectivity index (χ0n) is 62.9. The Morgan fingerprint density at radius 1 is 0.786 bits per heavy atom. The van der Waals surface area contributed by atoms with Gasteiger partial charge in [-0.1, -0.05) is 49.8 Å². The summed E-state index contributed by atoms with van der Waals surface area (Å²) in [5.41, 5.74) is 4.71. The highest BCUT2D eigenvalue weighted by molar-refractivity contribution is 7.51. The molecule has 4 aliphatic carbocycles. The molecule has 4 bridgehead atoms. The van der Waals surface area contributed by atoms with Crippen molar-refractivity contribution in [3.05, 3.63) is 119 Å². The molecular weight excluding hydrogens is 1490 g/mol. The summed E-state index contributed by atoms with van der Waals surface area (Å²) in [7, 11) is -4.31. The Morgan fingerprint density at radius 2 is 1.55 bits per heavy atom. The fourth-order valence-electron chi connectivity index (χ4n) is 18.8. The van der Waals surface area contributed by atoms with Gasteiger partial charge in [0.25, 0.3) is 17.7 Å². The standard InChI is InChI=1S/C78H97N12O20PS/c1-47-53(51-17-19-58(83-63(51)70(99)100)88-30-23-49-12-7-13-52(54(49)39-88)69(98)85-73-84-68-57(112-73)14-8-26-80-68)38-81-90(47)46-77-41-75(2)40-76(3,42-77)44-78(43-75,45-77)108-35-33-86(28-10-36-111(104,105)106)50-24-31-87(32-25-50)74(103)107-34-9-11-48-16-18-56(109-72-66(97)64(95)65(96)67(110-72)71(101)102)55(37-48)82-60(92)22-27-79-59(91)15-5-4-6-29-89-61(93)20-21-62(89)94/h7-8,12-14,16-21,26,37-38,50,64-67,72,95-97H,4-6,9-11,15,22-25,27-36,39-46H2,1-3H3,(H,79,91)(H,82,92)(H,99,100)(H,101,102)(H2,104,105,106)(H,80,84,85,98)/t64-,65-,66+,67-,72+,75?,76?,77?,78?/m0/s1. The molecule has 7 atom stereocenters. The van der Waals surface area contributed by atoms with Gasteiger partial charge >= 0.3 is 25.6 Å². The van der Waals surface area contributed by atoms with E-state index in [1.54, 1.807) is 41.6 Å². The number of amides is 6. The summed E-state index contributed by atoms with van der Waals surface area (Å²) in [6, 6.07) is 17.6. The minimum Gasteiger partial charge on any atom is -0.479 e. The molecule has 6 amide bonds. The largest absolute Gasteiger partial charge is 0.479 e. The average molecular weight is 1590 g/mol. The molecule has 4 aromatic heterocycles. The van der Waals surface area contributed by atoms with Crippen molar-refractivity contribution >= 4 is 93.5 Å². The molecule has 34 heteroatoms. The minimum atomic E-state index is -4.31. The summed E-state index contributed by atoms with van der Waals surface area (Å²) in [5, 5.41) is 65.8. The van der Waals surface area contributed by atoms with Crippen LogP contribution in [0.4, 0.5) is 21.4 Å². The molecule has 0 radical (unpaired) electrons. The van der Waals surface area contributed by atoms with Crippen molar-refractivity contribution < 1.29 is 97.2 Å². The Morgan fingerprint density at radius 3 is 2.29 bits per heavy atom. The summed E-state index contributed by atoms with van der Waals surface area (Å²) in [6.45, 7) is 10.4. The molecule has 32 nitrogen and oxygen atoms in total. The van der Waals surface area contributed by atoms with Gasteiger partial charge in [-0.2, -0.15) is 10.1 Å². The number of carboxylic acid groups (broad SMARTS) is 2. The van der Waals surface area contributed by atoms with E-state index in [0.29, 0.717) is 143 Å². The molecule has 112 heavy (non-hydrogen) atoms. The minimum absolute atomic E-state index is 0.0119. The highest BCUT2D eigenvalue weighted by Crippen LogP contribution is 2.72. The van der Waals surface area contributed by atoms with Gasteiger partial charge in [0.1, 0.15) is 29.9 Å². The number of ether oxygens (including phenoxy) is 4. The summed E-state index contributed by atoms with van der Waals surface area (Å²) in [4.78, 5) is 143. The maximum Gasteiger partial charge on any atom is 0.409 e. The number of hydrogen-bond donors (Lipinski definition) is 10. The number of imide groups is 1. The molecule has 2 saturated heterocycles. The smallest absolute Gasteiger partial charge is 0.409 e. The van der Waals surface area contributed by atoms with Gasteiger partial charge in [-0.15, -0.1) is 0 Å². The second-order valence-electron chi connectivity index (χ2n) is 31.8. The van der Waals surface area contributed by atoms with Gasteiger partial charge in [0.15, 0.2) is 22.6 Å². The summed E-state index contributed by atoms with van der Waals surface area (Å²) >= 11 is 1.34. The third-order valence-electron chi connectivity index (χ3n) is 22.8.